The predicted molar refractivity (Wildman–Crippen MR) is 83.2 cm³/mol. The van der Waals surface area contributed by atoms with Crippen molar-refractivity contribution >= 4 is 23.2 Å². The molecule has 0 radical (unpaired) electrons. The fourth-order valence-electron chi connectivity index (χ4n) is 1.74. The number of hydrogen-bond acceptors (Lipinski definition) is 3. The number of amides is 1. The molecule has 0 aliphatic carbocycles. The molecule has 0 atom stereocenters. The van der Waals surface area contributed by atoms with Crippen molar-refractivity contribution in [2.75, 3.05) is 32.1 Å². The minimum absolute atomic E-state index is 0.0966. The molecule has 0 aliphatic heterocycles. The topological polar surface area (TPSA) is 50.4 Å². The molecule has 0 fully saturated rings. The fourth-order valence-corrected chi connectivity index (χ4v) is 1.92. The van der Waals surface area contributed by atoms with E-state index in [1.54, 1.807) is 19.2 Å². The standard InChI is InChI=1S/C15H23ClN2O2/c1-15(2,8-9-20-3)11-17-10-14(19)18-13-7-5-4-6-12(13)16/h4-7,17H,8-11H2,1-3H3,(H,18,19). The minimum atomic E-state index is -0.0966. The average Bonchev–Trinajstić information content (AvgIpc) is 2.39. The molecule has 0 unspecified atom stereocenters. The molecule has 1 amide bonds. The molecule has 0 aliphatic rings. The van der Waals surface area contributed by atoms with Gasteiger partial charge in [0.15, 0.2) is 0 Å². The number of halogens is 1. The van der Waals surface area contributed by atoms with Crippen LogP contribution in [0, 0.1) is 5.41 Å². The number of carbonyl (C=O) groups is 1. The SMILES string of the molecule is COCCC(C)(C)CNCC(=O)Nc1ccccc1Cl. The van der Waals surface area contributed by atoms with Crippen LogP contribution in [-0.2, 0) is 9.53 Å². The van der Waals surface area contributed by atoms with Crippen LogP contribution in [0.2, 0.25) is 5.02 Å². The van der Waals surface area contributed by atoms with E-state index >= 15 is 0 Å². The Hall–Kier alpha value is -1.10. The van der Waals surface area contributed by atoms with E-state index in [0.29, 0.717) is 10.7 Å². The molecule has 0 bridgehead atoms. The Bertz CT molecular complexity index is 436. The number of nitrogens with one attached hydrogen (secondary N) is 2. The van der Waals surface area contributed by atoms with Crippen molar-refractivity contribution in [3.8, 4) is 0 Å². The molecule has 1 rings (SSSR count). The third-order valence-electron chi connectivity index (χ3n) is 3.02. The molecule has 0 aromatic heterocycles. The highest BCUT2D eigenvalue weighted by Crippen LogP contribution is 2.20. The summed E-state index contributed by atoms with van der Waals surface area (Å²) in [7, 11) is 1.69. The second-order valence-corrected chi connectivity index (χ2v) is 5.95. The van der Waals surface area contributed by atoms with E-state index in [1.807, 2.05) is 12.1 Å². The number of anilines is 1. The molecule has 5 heteroatoms. The van der Waals surface area contributed by atoms with E-state index in [-0.39, 0.29) is 17.9 Å². The molecule has 20 heavy (non-hydrogen) atoms. The number of carbonyl (C=O) groups excluding carboxylic acids is 1. The molecule has 1 aromatic carbocycles. The summed E-state index contributed by atoms with van der Waals surface area (Å²) in [4.78, 5) is 11.8. The monoisotopic (exact) mass is 298 g/mol. The van der Waals surface area contributed by atoms with Crippen molar-refractivity contribution in [1.29, 1.82) is 0 Å². The van der Waals surface area contributed by atoms with Crippen LogP contribution in [0.4, 0.5) is 5.69 Å². The van der Waals surface area contributed by atoms with Gasteiger partial charge < -0.3 is 15.4 Å². The number of ether oxygens (including phenoxy) is 1. The summed E-state index contributed by atoms with van der Waals surface area (Å²) < 4.78 is 5.08. The second kappa shape index (κ2) is 8.25. The van der Waals surface area contributed by atoms with Crippen LogP contribution < -0.4 is 10.6 Å². The maximum Gasteiger partial charge on any atom is 0.238 e. The Kier molecular flexibility index (Phi) is 6.99. The molecule has 4 nitrogen and oxygen atoms in total. The lowest BCUT2D eigenvalue weighted by Crippen LogP contribution is -2.35. The van der Waals surface area contributed by atoms with E-state index in [9.17, 15) is 4.79 Å². The van der Waals surface area contributed by atoms with Crippen LogP contribution in [0.25, 0.3) is 0 Å². The predicted octanol–water partition coefficient (Wildman–Crippen LogP) is 2.93. The van der Waals surface area contributed by atoms with Gasteiger partial charge in [0.1, 0.15) is 0 Å². The summed E-state index contributed by atoms with van der Waals surface area (Å²) in [5.41, 5.74) is 0.736. The highest BCUT2D eigenvalue weighted by molar-refractivity contribution is 6.33. The molecular formula is C15H23ClN2O2. The Morgan fingerprint density at radius 3 is 2.70 bits per heavy atom. The Balaban J connectivity index is 2.32. The van der Waals surface area contributed by atoms with Crippen LogP contribution in [0.1, 0.15) is 20.3 Å². The quantitative estimate of drug-likeness (QED) is 0.776. The lowest BCUT2D eigenvalue weighted by Gasteiger charge is -2.24. The second-order valence-electron chi connectivity index (χ2n) is 5.54. The first-order valence-electron chi connectivity index (χ1n) is 6.69. The van der Waals surface area contributed by atoms with Gasteiger partial charge in [-0.25, -0.2) is 0 Å². The summed E-state index contributed by atoms with van der Waals surface area (Å²) in [6.07, 6.45) is 0.947. The molecular weight excluding hydrogens is 276 g/mol. The number of hydrogen-bond donors (Lipinski definition) is 2. The number of benzene rings is 1. The van der Waals surface area contributed by atoms with Crippen molar-refractivity contribution in [1.82, 2.24) is 5.32 Å². The van der Waals surface area contributed by atoms with Gasteiger partial charge in [-0.15, -0.1) is 0 Å². The molecule has 0 saturated heterocycles. The molecule has 0 heterocycles. The zero-order valence-corrected chi connectivity index (χ0v) is 13.1. The number of rotatable bonds is 8. The Labute approximate surface area is 125 Å². The van der Waals surface area contributed by atoms with Gasteiger partial charge in [-0.1, -0.05) is 37.6 Å². The number of methoxy groups -OCH3 is 1. The van der Waals surface area contributed by atoms with E-state index in [0.717, 1.165) is 19.6 Å². The van der Waals surface area contributed by atoms with Gasteiger partial charge in [-0.05, 0) is 24.0 Å². The van der Waals surface area contributed by atoms with Crippen molar-refractivity contribution in [2.24, 2.45) is 5.41 Å². The highest BCUT2D eigenvalue weighted by Gasteiger charge is 2.17. The third-order valence-corrected chi connectivity index (χ3v) is 3.35. The molecule has 1 aromatic rings. The van der Waals surface area contributed by atoms with Crippen LogP contribution in [0.3, 0.4) is 0 Å². The van der Waals surface area contributed by atoms with E-state index in [1.165, 1.54) is 0 Å². The zero-order chi connectivity index (χ0) is 15.0. The van der Waals surface area contributed by atoms with Crippen LogP contribution in [0.15, 0.2) is 24.3 Å². The molecule has 0 saturated carbocycles. The van der Waals surface area contributed by atoms with Crippen LogP contribution >= 0.6 is 11.6 Å². The smallest absolute Gasteiger partial charge is 0.238 e. The molecule has 2 N–H and O–H groups in total. The highest BCUT2D eigenvalue weighted by atomic mass is 35.5. The van der Waals surface area contributed by atoms with Crippen molar-refractivity contribution in [3.63, 3.8) is 0 Å². The number of para-hydroxylation sites is 1. The van der Waals surface area contributed by atoms with Crippen LogP contribution in [-0.4, -0.2) is 32.7 Å². The van der Waals surface area contributed by atoms with Gasteiger partial charge in [0.25, 0.3) is 0 Å². The van der Waals surface area contributed by atoms with Crippen molar-refractivity contribution < 1.29 is 9.53 Å². The van der Waals surface area contributed by atoms with Crippen molar-refractivity contribution in [3.05, 3.63) is 29.3 Å². The first-order valence-corrected chi connectivity index (χ1v) is 7.06. The summed E-state index contributed by atoms with van der Waals surface area (Å²) >= 11 is 5.98. The molecule has 112 valence electrons. The first kappa shape index (κ1) is 17.0. The fraction of sp³-hybridized carbons (Fsp3) is 0.533. The van der Waals surface area contributed by atoms with Gasteiger partial charge in [0.05, 0.1) is 17.3 Å². The van der Waals surface area contributed by atoms with Gasteiger partial charge in [-0.3, -0.25) is 4.79 Å². The average molecular weight is 299 g/mol. The summed E-state index contributed by atoms with van der Waals surface area (Å²) in [5, 5.41) is 6.49. The van der Waals surface area contributed by atoms with E-state index in [2.05, 4.69) is 24.5 Å². The summed E-state index contributed by atoms with van der Waals surface area (Å²) in [5.74, 6) is -0.0966. The van der Waals surface area contributed by atoms with Gasteiger partial charge in [0.2, 0.25) is 5.91 Å². The van der Waals surface area contributed by atoms with E-state index in [4.69, 9.17) is 16.3 Å². The van der Waals surface area contributed by atoms with Crippen LogP contribution in [0.5, 0.6) is 0 Å². The summed E-state index contributed by atoms with van der Waals surface area (Å²) in [6, 6.07) is 7.19. The Morgan fingerprint density at radius 1 is 1.35 bits per heavy atom. The lowest BCUT2D eigenvalue weighted by atomic mass is 9.90. The van der Waals surface area contributed by atoms with Gasteiger partial charge >= 0.3 is 0 Å². The van der Waals surface area contributed by atoms with Crippen molar-refractivity contribution in [2.45, 2.75) is 20.3 Å². The first-order chi connectivity index (χ1) is 9.44. The third kappa shape index (κ3) is 6.37. The minimum Gasteiger partial charge on any atom is -0.385 e. The lowest BCUT2D eigenvalue weighted by molar-refractivity contribution is -0.115. The van der Waals surface area contributed by atoms with Gasteiger partial charge in [-0.2, -0.15) is 0 Å². The normalized spacial score (nSPS) is 11.4. The zero-order valence-electron chi connectivity index (χ0n) is 12.3. The van der Waals surface area contributed by atoms with E-state index < -0.39 is 0 Å². The maximum atomic E-state index is 11.8. The van der Waals surface area contributed by atoms with Gasteiger partial charge in [0, 0.05) is 20.3 Å². The molecule has 0 spiro atoms. The summed E-state index contributed by atoms with van der Waals surface area (Å²) in [6.45, 7) is 6.03. The Morgan fingerprint density at radius 2 is 2.05 bits per heavy atom. The largest absolute Gasteiger partial charge is 0.385 e. The maximum absolute atomic E-state index is 11.8.